The summed E-state index contributed by atoms with van der Waals surface area (Å²) in [7, 11) is -5.85. The van der Waals surface area contributed by atoms with Gasteiger partial charge in [-0.1, -0.05) is 6.58 Å². The molecule has 74 valence electrons. The predicted octanol–water partition coefficient (Wildman–Crippen LogP) is 0.949. The Morgan fingerprint density at radius 3 is 1.54 bits per heavy atom. The molecule has 7 nitrogen and oxygen atoms in total. The molecule has 0 radical (unpaired) electrons. The SMILES string of the molecule is C=C(O)C(C)=O.O=[P+](O)O[P+](=O)O. The van der Waals surface area contributed by atoms with Crippen LogP contribution in [0.3, 0.4) is 0 Å². The summed E-state index contributed by atoms with van der Waals surface area (Å²) in [5.41, 5.74) is 0. The molecular formula is C4H8O7P2+2. The number of Topliss-reactive ketones (excluding diaryl/α,β-unsaturated/α-hetero) is 1. The molecule has 0 bridgehead atoms. The summed E-state index contributed by atoms with van der Waals surface area (Å²) in [6, 6.07) is 0. The first-order valence-electron chi connectivity index (χ1n) is 2.66. The Kier molecular flexibility index (Phi) is 9.01. The largest absolute Gasteiger partial charge is 0.745 e. The van der Waals surface area contributed by atoms with Crippen LogP contribution < -0.4 is 0 Å². The third kappa shape index (κ3) is 18.3. The minimum Gasteiger partial charge on any atom is -0.505 e. The molecular weight excluding hydrogens is 222 g/mol. The molecule has 0 aliphatic carbocycles. The van der Waals surface area contributed by atoms with E-state index < -0.39 is 16.5 Å². The third-order valence-electron chi connectivity index (χ3n) is 0.546. The molecule has 0 saturated heterocycles. The van der Waals surface area contributed by atoms with Gasteiger partial charge >= 0.3 is 16.5 Å². The van der Waals surface area contributed by atoms with E-state index in [1.165, 1.54) is 6.92 Å². The van der Waals surface area contributed by atoms with E-state index in [2.05, 4.69) is 10.9 Å². The van der Waals surface area contributed by atoms with E-state index in [0.29, 0.717) is 0 Å². The van der Waals surface area contributed by atoms with Crippen molar-refractivity contribution in [2.24, 2.45) is 0 Å². The number of aliphatic hydroxyl groups is 1. The fourth-order valence-corrected chi connectivity index (χ4v) is 0.538. The standard InChI is InChI=1S/C4H6O2.O5P2/c1-3(5)4(2)6;1-6(2)5-7(3)4/h5H,1H2,2H3;/p+2. The normalized spacial score (nSPS) is 10.7. The van der Waals surface area contributed by atoms with E-state index in [9.17, 15) is 13.9 Å². The summed E-state index contributed by atoms with van der Waals surface area (Å²) in [4.78, 5) is 25.1. The first-order valence-corrected chi connectivity index (χ1v) is 4.92. The molecule has 0 rings (SSSR count). The van der Waals surface area contributed by atoms with Gasteiger partial charge in [-0.25, -0.2) is 0 Å². The van der Waals surface area contributed by atoms with Crippen LogP contribution in [0.5, 0.6) is 0 Å². The minimum absolute atomic E-state index is 0.380. The lowest BCUT2D eigenvalue weighted by Gasteiger charge is -1.80. The number of ketones is 1. The van der Waals surface area contributed by atoms with E-state index in [1.54, 1.807) is 0 Å². The quantitative estimate of drug-likeness (QED) is 0.374. The highest BCUT2D eigenvalue weighted by Crippen LogP contribution is 2.30. The van der Waals surface area contributed by atoms with Gasteiger partial charge in [0, 0.05) is 16.1 Å². The minimum atomic E-state index is -2.92. The van der Waals surface area contributed by atoms with E-state index >= 15 is 0 Å². The van der Waals surface area contributed by atoms with Crippen molar-refractivity contribution in [1.82, 2.24) is 0 Å². The smallest absolute Gasteiger partial charge is 0.505 e. The van der Waals surface area contributed by atoms with Gasteiger partial charge in [-0.15, -0.1) is 9.79 Å². The maximum absolute atomic E-state index is 9.79. The maximum atomic E-state index is 9.79. The van der Waals surface area contributed by atoms with E-state index in [1.807, 2.05) is 0 Å². The summed E-state index contributed by atoms with van der Waals surface area (Å²) in [6.07, 6.45) is 0. The van der Waals surface area contributed by atoms with Crippen molar-refractivity contribution in [3.8, 4) is 0 Å². The van der Waals surface area contributed by atoms with Gasteiger partial charge in [0.25, 0.3) is 0 Å². The Morgan fingerprint density at radius 2 is 1.54 bits per heavy atom. The summed E-state index contributed by atoms with van der Waals surface area (Å²) >= 11 is 0. The molecule has 0 spiro atoms. The van der Waals surface area contributed by atoms with Crippen molar-refractivity contribution in [1.29, 1.82) is 0 Å². The van der Waals surface area contributed by atoms with Gasteiger partial charge in [-0.2, -0.15) is 0 Å². The number of carbonyl (C=O) groups is 1. The highest BCUT2D eigenvalue weighted by molar-refractivity contribution is 7.46. The number of hydrogen-bond acceptors (Lipinski definition) is 5. The van der Waals surface area contributed by atoms with Crippen LogP contribution in [-0.4, -0.2) is 20.7 Å². The molecule has 0 aromatic carbocycles. The summed E-state index contributed by atoms with van der Waals surface area (Å²) in [6.45, 7) is 4.21. The summed E-state index contributed by atoms with van der Waals surface area (Å²) < 4.78 is 22.2. The zero-order valence-corrected chi connectivity index (χ0v) is 8.37. The molecule has 2 unspecified atom stereocenters. The summed E-state index contributed by atoms with van der Waals surface area (Å²) in [5, 5.41) is 8.09. The Hall–Kier alpha value is -0.710. The zero-order chi connectivity index (χ0) is 11.0. The van der Waals surface area contributed by atoms with Gasteiger partial charge in [-0.05, 0) is 0 Å². The number of aliphatic hydroxyl groups excluding tert-OH is 1. The second-order valence-electron chi connectivity index (χ2n) is 1.56. The molecule has 3 N–H and O–H groups in total. The van der Waals surface area contributed by atoms with Crippen molar-refractivity contribution in [3.63, 3.8) is 0 Å². The molecule has 0 aromatic rings. The second-order valence-corrected chi connectivity index (χ2v) is 3.16. The van der Waals surface area contributed by atoms with Gasteiger partial charge in [0.1, 0.15) is 0 Å². The number of hydrogen-bond donors (Lipinski definition) is 3. The Bertz CT molecular complexity index is 211. The topological polar surface area (TPSA) is 121 Å². The highest BCUT2D eigenvalue weighted by atomic mass is 31.2. The molecule has 0 aromatic heterocycles. The van der Waals surface area contributed by atoms with Crippen molar-refractivity contribution < 1.29 is 33.1 Å². The fourth-order valence-electron chi connectivity index (χ4n) is 0.0598. The van der Waals surface area contributed by atoms with Crippen LogP contribution in [0.15, 0.2) is 12.3 Å². The maximum Gasteiger partial charge on any atom is 0.745 e. The molecule has 13 heavy (non-hydrogen) atoms. The van der Waals surface area contributed by atoms with E-state index in [0.717, 1.165) is 0 Å². The van der Waals surface area contributed by atoms with Crippen molar-refractivity contribution in [3.05, 3.63) is 12.3 Å². The molecule has 2 atom stereocenters. The monoisotopic (exact) mass is 230 g/mol. The zero-order valence-electron chi connectivity index (χ0n) is 6.58. The molecule has 0 heterocycles. The van der Waals surface area contributed by atoms with E-state index in [-0.39, 0.29) is 11.5 Å². The second kappa shape index (κ2) is 7.91. The van der Waals surface area contributed by atoms with Gasteiger partial charge in [0.15, 0.2) is 15.9 Å². The van der Waals surface area contributed by atoms with Crippen LogP contribution in [0, 0.1) is 0 Å². The van der Waals surface area contributed by atoms with Crippen molar-refractivity contribution >= 4 is 22.3 Å². The van der Waals surface area contributed by atoms with Crippen LogP contribution in [0.1, 0.15) is 6.92 Å². The fraction of sp³-hybridized carbons (Fsp3) is 0.250. The highest BCUT2D eigenvalue weighted by Gasteiger charge is 2.31. The van der Waals surface area contributed by atoms with Gasteiger partial charge < -0.3 is 5.11 Å². The first kappa shape index (κ1) is 14.8. The van der Waals surface area contributed by atoms with Crippen molar-refractivity contribution in [2.45, 2.75) is 6.92 Å². The van der Waals surface area contributed by atoms with Crippen molar-refractivity contribution in [2.75, 3.05) is 0 Å². The average molecular weight is 230 g/mol. The Balaban J connectivity index is 0. The van der Waals surface area contributed by atoms with E-state index in [4.69, 9.17) is 14.9 Å². The van der Waals surface area contributed by atoms with Gasteiger partial charge in [0.05, 0.1) is 0 Å². The lowest BCUT2D eigenvalue weighted by Crippen LogP contribution is -1.90. The molecule has 0 aliphatic rings. The van der Waals surface area contributed by atoms with Crippen LogP contribution >= 0.6 is 16.5 Å². The number of rotatable bonds is 3. The van der Waals surface area contributed by atoms with Crippen LogP contribution in [-0.2, 0) is 18.2 Å². The van der Waals surface area contributed by atoms with Crippen LogP contribution in [0.25, 0.3) is 0 Å². The molecule has 0 saturated carbocycles. The number of carbonyl (C=O) groups excluding carboxylic acids is 1. The lowest BCUT2D eigenvalue weighted by molar-refractivity contribution is -0.115. The van der Waals surface area contributed by atoms with Crippen LogP contribution in [0.2, 0.25) is 0 Å². The van der Waals surface area contributed by atoms with Gasteiger partial charge in [0.2, 0.25) is 0 Å². The summed E-state index contributed by atoms with van der Waals surface area (Å²) in [5.74, 6) is -0.759. The molecule has 0 amide bonds. The molecule has 0 fully saturated rings. The van der Waals surface area contributed by atoms with Crippen LogP contribution in [0.4, 0.5) is 0 Å². The Labute approximate surface area is 75.6 Å². The first-order chi connectivity index (χ1) is 5.77. The molecule has 0 aliphatic heterocycles. The average Bonchev–Trinajstić information content (AvgIpc) is 1.84. The third-order valence-corrected chi connectivity index (χ3v) is 1.66. The predicted molar refractivity (Wildman–Crippen MR) is 43.2 cm³/mol. The molecule has 9 heteroatoms. The Morgan fingerprint density at radius 1 is 1.31 bits per heavy atom. The van der Waals surface area contributed by atoms with Gasteiger partial charge in [-0.3, -0.25) is 4.79 Å². The number of allylic oxidation sites excluding steroid dienone is 1. The lowest BCUT2D eigenvalue weighted by atomic mass is 10.4.